The number of hydrogen-bond acceptors (Lipinski definition) is 4. The smallest absolute Gasteiger partial charge is 0.289 e. The fraction of sp³-hybridized carbons (Fsp3) is 0.190. The summed E-state index contributed by atoms with van der Waals surface area (Å²) in [7, 11) is -3.98. The minimum Gasteiger partial charge on any atom is -0.451 e. The molecule has 162 valence electrons. The van der Waals surface area contributed by atoms with Crippen LogP contribution in [0.5, 0.6) is 0 Å². The zero-order chi connectivity index (χ0) is 22.2. The minimum atomic E-state index is -3.98. The number of nitrogens with zero attached hydrogens (tertiary/aromatic N) is 2. The summed E-state index contributed by atoms with van der Waals surface area (Å²) in [5.74, 6) is -0.663. The molecule has 0 radical (unpaired) electrons. The highest BCUT2D eigenvalue weighted by Crippen LogP contribution is 2.34. The molecule has 4 rings (SSSR count). The molecule has 31 heavy (non-hydrogen) atoms. The molecule has 3 aromatic rings. The number of halogens is 3. The number of benzene rings is 2. The molecule has 0 spiro atoms. The lowest BCUT2D eigenvalue weighted by atomic mass is 10.2. The second kappa shape index (κ2) is 8.63. The van der Waals surface area contributed by atoms with E-state index in [4.69, 9.17) is 27.6 Å². The van der Waals surface area contributed by atoms with E-state index in [0.29, 0.717) is 21.4 Å². The molecule has 1 amide bonds. The Morgan fingerprint density at radius 3 is 2.35 bits per heavy atom. The lowest BCUT2D eigenvalue weighted by Crippen LogP contribution is -2.50. The van der Waals surface area contributed by atoms with Gasteiger partial charge in [0, 0.05) is 31.7 Å². The molecule has 2 aromatic carbocycles. The van der Waals surface area contributed by atoms with Gasteiger partial charge in [-0.2, -0.15) is 4.31 Å². The van der Waals surface area contributed by atoms with Crippen LogP contribution in [0.3, 0.4) is 0 Å². The van der Waals surface area contributed by atoms with E-state index in [0.717, 1.165) is 6.07 Å². The van der Waals surface area contributed by atoms with Crippen LogP contribution in [-0.2, 0) is 10.0 Å². The number of furan rings is 1. The van der Waals surface area contributed by atoms with Crippen molar-refractivity contribution in [3.63, 3.8) is 0 Å². The van der Waals surface area contributed by atoms with Crippen molar-refractivity contribution in [3.05, 3.63) is 76.2 Å². The number of amides is 1. The standard InChI is InChI=1S/C21H17Cl2FN2O4S/c22-15-5-3-4-14(20(15)23)17-8-9-18(30-17)21(27)25-10-12-26(13-11-25)31(28,29)19-7-2-1-6-16(19)24/h1-9H,10-13H2. The fourth-order valence-electron chi connectivity index (χ4n) is 3.37. The molecule has 10 heteroatoms. The van der Waals surface area contributed by atoms with Gasteiger partial charge in [-0.05, 0) is 36.4 Å². The Balaban J connectivity index is 1.46. The molecule has 0 bridgehead atoms. The van der Waals surface area contributed by atoms with Gasteiger partial charge in [0.15, 0.2) is 5.76 Å². The van der Waals surface area contributed by atoms with Crippen LogP contribution in [0.15, 0.2) is 63.9 Å². The summed E-state index contributed by atoms with van der Waals surface area (Å²) in [6, 6.07) is 13.5. The number of piperazine rings is 1. The maximum atomic E-state index is 14.0. The molecule has 6 nitrogen and oxygen atoms in total. The maximum absolute atomic E-state index is 14.0. The first-order chi connectivity index (χ1) is 14.8. The zero-order valence-electron chi connectivity index (χ0n) is 16.1. The van der Waals surface area contributed by atoms with Crippen LogP contribution in [0.25, 0.3) is 11.3 Å². The molecule has 1 fully saturated rings. The van der Waals surface area contributed by atoms with E-state index in [2.05, 4.69) is 0 Å². The summed E-state index contributed by atoms with van der Waals surface area (Å²) in [5, 5.41) is 0.695. The van der Waals surface area contributed by atoms with Crippen molar-refractivity contribution in [1.29, 1.82) is 0 Å². The highest BCUT2D eigenvalue weighted by atomic mass is 35.5. The number of sulfonamides is 1. The molecule has 1 aliphatic rings. The average molecular weight is 483 g/mol. The van der Waals surface area contributed by atoms with Crippen molar-refractivity contribution in [1.82, 2.24) is 9.21 Å². The summed E-state index contributed by atoms with van der Waals surface area (Å²) < 4.78 is 46.3. The van der Waals surface area contributed by atoms with Crippen LogP contribution in [0.2, 0.25) is 10.0 Å². The third-order valence-electron chi connectivity index (χ3n) is 5.01. The molecular formula is C21H17Cl2FN2O4S. The largest absolute Gasteiger partial charge is 0.451 e. The molecule has 0 atom stereocenters. The van der Waals surface area contributed by atoms with Crippen molar-refractivity contribution in [2.24, 2.45) is 0 Å². The summed E-state index contributed by atoms with van der Waals surface area (Å²) in [4.78, 5) is 13.9. The van der Waals surface area contributed by atoms with E-state index in [1.165, 1.54) is 33.5 Å². The molecule has 1 saturated heterocycles. The minimum absolute atomic E-state index is 0.0517. The first kappa shape index (κ1) is 21.8. The van der Waals surface area contributed by atoms with Crippen molar-refractivity contribution in [2.45, 2.75) is 4.90 Å². The van der Waals surface area contributed by atoms with Gasteiger partial charge < -0.3 is 9.32 Å². The molecule has 0 aliphatic carbocycles. The molecule has 0 saturated carbocycles. The molecule has 2 heterocycles. The first-order valence-electron chi connectivity index (χ1n) is 9.37. The predicted octanol–water partition coefficient (Wildman–Crippen LogP) is 4.54. The van der Waals surface area contributed by atoms with E-state index in [9.17, 15) is 17.6 Å². The zero-order valence-corrected chi connectivity index (χ0v) is 18.4. The summed E-state index contributed by atoms with van der Waals surface area (Å²) in [5.41, 5.74) is 0.564. The fourth-order valence-corrected chi connectivity index (χ4v) is 5.25. The Bertz CT molecular complexity index is 1240. The van der Waals surface area contributed by atoms with Crippen LogP contribution in [0, 0.1) is 5.82 Å². The lowest BCUT2D eigenvalue weighted by molar-refractivity contribution is 0.0666. The molecular weight excluding hydrogens is 466 g/mol. The Kier molecular flexibility index (Phi) is 6.07. The molecule has 0 unspecified atom stereocenters. The van der Waals surface area contributed by atoms with Gasteiger partial charge in [-0.25, -0.2) is 12.8 Å². The van der Waals surface area contributed by atoms with Crippen LogP contribution in [0.1, 0.15) is 10.6 Å². The number of hydrogen-bond donors (Lipinski definition) is 0. The molecule has 0 N–H and O–H groups in total. The maximum Gasteiger partial charge on any atom is 0.289 e. The van der Waals surface area contributed by atoms with Crippen molar-refractivity contribution in [3.8, 4) is 11.3 Å². The van der Waals surface area contributed by atoms with E-state index in [1.807, 2.05) is 0 Å². The quantitative estimate of drug-likeness (QED) is 0.547. The Morgan fingerprint density at radius 1 is 0.935 bits per heavy atom. The first-order valence-corrected chi connectivity index (χ1v) is 11.6. The molecule has 1 aliphatic heterocycles. The number of rotatable bonds is 4. The van der Waals surface area contributed by atoms with E-state index < -0.39 is 15.8 Å². The van der Waals surface area contributed by atoms with Gasteiger partial charge in [-0.15, -0.1) is 0 Å². The Labute approximate surface area is 188 Å². The van der Waals surface area contributed by atoms with Gasteiger partial charge in [0.05, 0.1) is 10.0 Å². The summed E-state index contributed by atoms with van der Waals surface area (Å²) in [6.07, 6.45) is 0. The van der Waals surface area contributed by atoms with Gasteiger partial charge in [-0.3, -0.25) is 4.79 Å². The monoisotopic (exact) mass is 482 g/mol. The summed E-state index contributed by atoms with van der Waals surface area (Å²) in [6.45, 7) is 0.410. The number of carbonyl (C=O) groups excluding carboxylic acids is 1. The van der Waals surface area contributed by atoms with Gasteiger partial charge in [-0.1, -0.05) is 41.4 Å². The normalized spacial score (nSPS) is 15.3. The van der Waals surface area contributed by atoms with Crippen LogP contribution < -0.4 is 0 Å². The third kappa shape index (κ3) is 4.21. The van der Waals surface area contributed by atoms with Crippen molar-refractivity contribution in [2.75, 3.05) is 26.2 Å². The van der Waals surface area contributed by atoms with E-state index >= 15 is 0 Å². The van der Waals surface area contributed by atoms with Gasteiger partial charge in [0.25, 0.3) is 5.91 Å². The second-order valence-electron chi connectivity index (χ2n) is 6.89. The van der Waals surface area contributed by atoms with Gasteiger partial charge >= 0.3 is 0 Å². The predicted molar refractivity (Wildman–Crippen MR) is 115 cm³/mol. The third-order valence-corrected chi connectivity index (χ3v) is 7.76. The van der Waals surface area contributed by atoms with Crippen molar-refractivity contribution < 1.29 is 22.0 Å². The Morgan fingerprint density at radius 2 is 1.65 bits per heavy atom. The van der Waals surface area contributed by atoms with Crippen molar-refractivity contribution >= 4 is 39.1 Å². The lowest BCUT2D eigenvalue weighted by Gasteiger charge is -2.33. The highest BCUT2D eigenvalue weighted by molar-refractivity contribution is 7.89. The average Bonchev–Trinajstić information content (AvgIpc) is 3.25. The summed E-state index contributed by atoms with van der Waals surface area (Å²) >= 11 is 12.2. The van der Waals surface area contributed by atoms with E-state index in [-0.39, 0.29) is 42.7 Å². The highest BCUT2D eigenvalue weighted by Gasteiger charge is 2.32. The number of carbonyl (C=O) groups is 1. The van der Waals surface area contributed by atoms with Gasteiger partial charge in [0.2, 0.25) is 10.0 Å². The van der Waals surface area contributed by atoms with Crippen LogP contribution in [-0.4, -0.2) is 49.7 Å². The molecule has 1 aromatic heterocycles. The van der Waals surface area contributed by atoms with Crippen LogP contribution in [0.4, 0.5) is 4.39 Å². The van der Waals surface area contributed by atoms with Gasteiger partial charge in [0.1, 0.15) is 16.5 Å². The Hall–Kier alpha value is -2.39. The van der Waals surface area contributed by atoms with Crippen LogP contribution >= 0.6 is 23.2 Å². The van der Waals surface area contributed by atoms with E-state index in [1.54, 1.807) is 24.3 Å². The SMILES string of the molecule is O=C(c1ccc(-c2cccc(Cl)c2Cl)o1)N1CCN(S(=O)(=O)c2ccccc2F)CC1. The topological polar surface area (TPSA) is 70.8 Å². The second-order valence-corrected chi connectivity index (χ2v) is 9.58.